The highest BCUT2D eigenvalue weighted by atomic mass is 16.1. The highest BCUT2D eigenvalue weighted by Gasteiger charge is 2.05. The molecule has 0 fully saturated rings. The summed E-state index contributed by atoms with van der Waals surface area (Å²) >= 11 is 0. The van der Waals surface area contributed by atoms with Crippen molar-refractivity contribution in [1.29, 1.82) is 0 Å². The van der Waals surface area contributed by atoms with Gasteiger partial charge in [0, 0.05) is 24.0 Å². The van der Waals surface area contributed by atoms with Gasteiger partial charge in [-0.05, 0) is 17.7 Å². The maximum absolute atomic E-state index is 11.9. The van der Waals surface area contributed by atoms with Crippen LogP contribution < -0.4 is 5.56 Å². The van der Waals surface area contributed by atoms with Crippen molar-refractivity contribution in [2.45, 2.75) is 6.54 Å². The van der Waals surface area contributed by atoms with Crippen molar-refractivity contribution in [3.05, 3.63) is 76.8 Å². The van der Waals surface area contributed by atoms with Gasteiger partial charge in [-0.2, -0.15) is 0 Å². The Balaban J connectivity index is 1.93. The smallest absolute Gasteiger partial charge is 0.267 e. The van der Waals surface area contributed by atoms with Crippen molar-refractivity contribution in [2.24, 2.45) is 0 Å². The maximum Gasteiger partial charge on any atom is 0.267 e. The molecule has 0 bridgehead atoms. The van der Waals surface area contributed by atoms with Gasteiger partial charge >= 0.3 is 0 Å². The highest BCUT2D eigenvalue weighted by molar-refractivity contribution is 5.57. The fourth-order valence-corrected chi connectivity index (χ4v) is 2.00. The monoisotopic (exact) mass is 251 g/mol. The molecule has 0 saturated heterocycles. The molecule has 2 heterocycles. The van der Waals surface area contributed by atoms with Crippen LogP contribution >= 0.6 is 0 Å². The summed E-state index contributed by atoms with van der Waals surface area (Å²) in [7, 11) is 0. The van der Waals surface area contributed by atoms with Crippen LogP contribution in [0.25, 0.3) is 11.3 Å². The average Bonchev–Trinajstić information content (AvgIpc) is 2.82. The summed E-state index contributed by atoms with van der Waals surface area (Å²) < 4.78 is 1.60. The second-order valence-electron chi connectivity index (χ2n) is 4.32. The van der Waals surface area contributed by atoms with Gasteiger partial charge < -0.3 is 0 Å². The van der Waals surface area contributed by atoms with Crippen LogP contribution in [0.3, 0.4) is 0 Å². The van der Waals surface area contributed by atoms with E-state index in [-0.39, 0.29) is 5.56 Å². The maximum atomic E-state index is 11.9. The number of aromatic amines is 1. The fourth-order valence-electron chi connectivity index (χ4n) is 2.00. The molecule has 4 nitrogen and oxygen atoms in total. The van der Waals surface area contributed by atoms with Gasteiger partial charge in [-0.3, -0.25) is 14.9 Å². The molecule has 94 valence electrons. The third-order valence-corrected chi connectivity index (χ3v) is 2.96. The van der Waals surface area contributed by atoms with Crippen LogP contribution in [0, 0.1) is 0 Å². The molecule has 1 N–H and O–H groups in total. The largest absolute Gasteiger partial charge is 0.295 e. The van der Waals surface area contributed by atoms with Gasteiger partial charge in [0.25, 0.3) is 5.56 Å². The molecule has 19 heavy (non-hydrogen) atoms. The molecule has 0 aliphatic carbocycles. The number of benzene rings is 1. The lowest BCUT2D eigenvalue weighted by atomic mass is 10.2. The Hall–Kier alpha value is -2.62. The average molecular weight is 251 g/mol. The Bertz CT molecular complexity index is 714. The Morgan fingerprint density at radius 2 is 1.79 bits per heavy atom. The third-order valence-electron chi connectivity index (χ3n) is 2.96. The lowest BCUT2D eigenvalue weighted by molar-refractivity contribution is 0.666. The van der Waals surface area contributed by atoms with Crippen molar-refractivity contribution in [2.75, 3.05) is 0 Å². The van der Waals surface area contributed by atoms with E-state index in [9.17, 15) is 4.79 Å². The van der Waals surface area contributed by atoms with Gasteiger partial charge in [0.2, 0.25) is 0 Å². The van der Waals surface area contributed by atoms with Crippen molar-refractivity contribution in [1.82, 2.24) is 14.8 Å². The van der Waals surface area contributed by atoms with Crippen LogP contribution in [0.15, 0.2) is 65.7 Å². The Kier molecular flexibility index (Phi) is 2.98. The van der Waals surface area contributed by atoms with Crippen LogP contribution in [0.2, 0.25) is 0 Å². The molecular formula is C15H13N3O. The molecular weight excluding hydrogens is 238 g/mol. The van der Waals surface area contributed by atoms with E-state index in [0.717, 1.165) is 16.8 Å². The molecule has 0 aliphatic heterocycles. The third kappa shape index (κ3) is 2.47. The first-order chi connectivity index (χ1) is 9.33. The molecule has 0 unspecified atom stereocenters. The summed E-state index contributed by atoms with van der Waals surface area (Å²) in [5.41, 5.74) is 2.82. The van der Waals surface area contributed by atoms with Crippen molar-refractivity contribution in [3.63, 3.8) is 0 Å². The molecule has 0 spiro atoms. The van der Waals surface area contributed by atoms with Crippen molar-refractivity contribution in [3.8, 4) is 11.3 Å². The Morgan fingerprint density at radius 3 is 2.53 bits per heavy atom. The van der Waals surface area contributed by atoms with Crippen LogP contribution in [0.5, 0.6) is 0 Å². The zero-order valence-electron chi connectivity index (χ0n) is 10.3. The molecule has 4 heteroatoms. The SMILES string of the molecule is O=c1cc(-c2ccncc2)[nH]n1Cc1ccccc1. The molecule has 0 atom stereocenters. The molecule has 3 aromatic rings. The summed E-state index contributed by atoms with van der Waals surface area (Å²) in [5.74, 6) is 0. The number of rotatable bonds is 3. The summed E-state index contributed by atoms with van der Waals surface area (Å²) in [6.07, 6.45) is 3.42. The lowest BCUT2D eigenvalue weighted by Crippen LogP contribution is -2.16. The number of nitrogens with zero attached hydrogens (tertiary/aromatic N) is 2. The number of aromatic nitrogens is 3. The second-order valence-corrected chi connectivity index (χ2v) is 4.32. The highest BCUT2D eigenvalue weighted by Crippen LogP contribution is 2.13. The summed E-state index contributed by atoms with van der Waals surface area (Å²) in [4.78, 5) is 15.9. The van der Waals surface area contributed by atoms with Crippen LogP contribution in [-0.4, -0.2) is 14.8 Å². The number of hydrogen-bond donors (Lipinski definition) is 1. The normalized spacial score (nSPS) is 10.5. The molecule has 1 aromatic carbocycles. The summed E-state index contributed by atoms with van der Waals surface area (Å²) in [6, 6.07) is 15.2. The lowest BCUT2D eigenvalue weighted by Gasteiger charge is -2.02. The molecule has 0 amide bonds. The minimum Gasteiger partial charge on any atom is -0.295 e. The number of nitrogens with one attached hydrogen (secondary N) is 1. The van der Waals surface area contributed by atoms with E-state index >= 15 is 0 Å². The van der Waals surface area contributed by atoms with Gasteiger partial charge in [0.1, 0.15) is 0 Å². The molecule has 3 rings (SSSR count). The van der Waals surface area contributed by atoms with Crippen LogP contribution in [-0.2, 0) is 6.54 Å². The van der Waals surface area contributed by atoms with Gasteiger partial charge in [-0.15, -0.1) is 0 Å². The summed E-state index contributed by atoms with van der Waals surface area (Å²) in [6.45, 7) is 0.546. The van der Waals surface area contributed by atoms with Gasteiger partial charge in [-0.1, -0.05) is 30.3 Å². The second kappa shape index (κ2) is 4.94. The predicted octanol–water partition coefficient (Wildman–Crippen LogP) is 2.29. The van der Waals surface area contributed by atoms with E-state index in [1.165, 1.54) is 0 Å². The van der Waals surface area contributed by atoms with E-state index in [2.05, 4.69) is 10.1 Å². The zero-order valence-corrected chi connectivity index (χ0v) is 10.3. The molecule has 0 aliphatic rings. The standard InChI is InChI=1S/C15H13N3O/c19-15-10-14(13-6-8-16-9-7-13)17-18(15)11-12-4-2-1-3-5-12/h1-10,17H,11H2. The van der Waals surface area contributed by atoms with Crippen LogP contribution in [0.1, 0.15) is 5.56 Å². The predicted molar refractivity (Wildman–Crippen MR) is 73.8 cm³/mol. The topological polar surface area (TPSA) is 50.7 Å². The van der Waals surface area contributed by atoms with Crippen molar-refractivity contribution >= 4 is 0 Å². The molecule has 2 aromatic heterocycles. The van der Waals surface area contributed by atoms with Crippen LogP contribution in [0.4, 0.5) is 0 Å². The Labute approximate surface area is 110 Å². The molecule has 0 saturated carbocycles. The molecule has 0 radical (unpaired) electrons. The van der Waals surface area contributed by atoms with E-state index in [1.807, 2.05) is 42.5 Å². The first kappa shape index (κ1) is 11.5. The minimum absolute atomic E-state index is 0.0318. The Morgan fingerprint density at radius 1 is 1.05 bits per heavy atom. The van der Waals surface area contributed by atoms with E-state index in [4.69, 9.17) is 0 Å². The quantitative estimate of drug-likeness (QED) is 0.776. The van der Waals surface area contributed by atoms with E-state index < -0.39 is 0 Å². The van der Waals surface area contributed by atoms with Crippen molar-refractivity contribution < 1.29 is 0 Å². The first-order valence-corrected chi connectivity index (χ1v) is 6.07. The van der Waals surface area contributed by atoms with Gasteiger partial charge in [0.05, 0.1) is 12.2 Å². The number of hydrogen-bond acceptors (Lipinski definition) is 2. The number of H-pyrrole nitrogens is 1. The number of pyridine rings is 1. The fraction of sp³-hybridized carbons (Fsp3) is 0.0667. The van der Waals surface area contributed by atoms with Gasteiger partial charge in [0.15, 0.2) is 0 Å². The minimum atomic E-state index is -0.0318. The summed E-state index contributed by atoms with van der Waals surface area (Å²) in [5, 5.41) is 3.12. The van der Waals surface area contributed by atoms with E-state index in [0.29, 0.717) is 6.54 Å². The first-order valence-electron chi connectivity index (χ1n) is 6.07. The van der Waals surface area contributed by atoms with Gasteiger partial charge in [-0.25, -0.2) is 4.68 Å². The zero-order chi connectivity index (χ0) is 13.1. The van der Waals surface area contributed by atoms with E-state index in [1.54, 1.807) is 23.1 Å².